The summed E-state index contributed by atoms with van der Waals surface area (Å²) >= 11 is 0. The van der Waals surface area contributed by atoms with Crippen molar-refractivity contribution >= 4 is 21.9 Å². The van der Waals surface area contributed by atoms with Gasteiger partial charge in [0.15, 0.2) is 0 Å². The highest BCUT2D eigenvalue weighted by Gasteiger charge is 2.32. The second kappa shape index (κ2) is 11.0. The Balaban J connectivity index is 1.45. The number of ether oxygens (including phenoxy) is 2. The predicted octanol–water partition coefficient (Wildman–Crippen LogP) is 9.83. The van der Waals surface area contributed by atoms with Gasteiger partial charge in [0.05, 0.1) is 25.0 Å². The van der Waals surface area contributed by atoms with Crippen LogP contribution in [0, 0.1) is 0 Å². The average molecular weight is 647 g/mol. The van der Waals surface area contributed by atoms with E-state index in [9.17, 15) is 0 Å². The number of furan rings is 2. The Hall–Kier alpha value is -6.52. The van der Waals surface area contributed by atoms with Gasteiger partial charge in [0.25, 0.3) is 0 Å². The summed E-state index contributed by atoms with van der Waals surface area (Å²) in [6.07, 6.45) is 0. The van der Waals surface area contributed by atoms with E-state index in [0.717, 1.165) is 89.1 Å². The standard InChI is InChI=1S/C46H30O4/c1-47-29-23-19-27(20-24-29)43-41-42(46(49-43)40-37-17-9-5-13-33(37)34-14-6-10-18-38(34)40)44(28-21-25-30(48-2)26-22-28)50-45(41)39-35-15-7-3-11-31(35)32-12-4-8-16-36(32)39/h3-26H,1-2H3. The van der Waals surface area contributed by atoms with Crippen LogP contribution < -0.4 is 20.3 Å². The Morgan fingerprint density at radius 1 is 0.340 bits per heavy atom. The summed E-state index contributed by atoms with van der Waals surface area (Å²) in [5.41, 5.74) is 14.9. The molecule has 0 aliphatic heterocycles. The van der Waals surface area contributed by atoms with Gasteiger partial charge in [-0.15, -0.1) is 0 Å². The normalized spacial score (nSPS) is 12.5. The number of fused-ring (bicyclic) bond motifs is 7. The summed E-state index contributed by atoms with van der Waals surface area (Å²) in [5, 5.41) is 1.87. The van der Waals surface area contributed by atoms with Gasteiger partial charge in [-0.2, -0.15) is 0 Å². The lowest BCUT2D eigenvalue weighted by molar-refractivity contribution is 0.414. The molecule has 238 valence electrons. The summed E-state index contributed by atoms with van der Waals surface area (Å²) in [6, 6.07) is 50.5. The van der Waals surface area contributed by atoms with E-state index in [2.05, 4.69) is 121 Å². The molecule has 2 aromatic heterocycles. The molecule has 4 heteroatoms. The van der Waals surface area contributed by atoms with Gasteiger partial charge in [0.2, 0.25) is 0 Å². The van der Waals surface area contributed by atoms with Gasteiger partial charge < -0.3 is 18.3 Å². The average Bonchev–Trinajstić information content (AvgIpc) is 3.93. The lowest BCUT2D eigenvalue weighted by Crippen LogP contribution is -2.05. The summed E-state index contributed by atoms with van der Waals surface area (Å²) in [5.74, 6) is 3.06. The van der Waals surface area contributed by atoms with Gasteiger partial charge in [0, 0.05) is 22.3 Å². The Morgan fingerprint density at radius 2 is 0.620 bits per heavy atom. The first-order valence-corrected chi connectivity index (χ1v) is 16.7. The molecule has 0 radical (unpaired) electrons. The fourth-order valence-corrected chi connectivity index (χ4v) is 7.84. The third kappa shape index (κ3) is 4.05. The van der Waals surface area contributed by atoms with Crippen LogP contribution >= 0.6 is 0 Å². The highest BCUT2D eigenvalue weighted by Crippen LogP contribution is 2.46. The van der Waals surface area contributed by atoms with Crippen molar-refractivity contribution in [3.8, 4) is 56.4 Å². The first kappa shape index (κ1) is 28.5. The number of hydrogen-bond acceptors (Lipinski definition) is 4. The summed E-state index contributed by atoms with van der Waals surface area (Å²) in [6.45, 7) is 0. The van der Waals surface area contributed by atoms with Crippen LogP contribution in [0.2, 0.25) is 0 Å². The van der Waals surface area contributed by atoms with E-state index in [1.807, 2.05) is 24.3 Å². The van der Waals surface area contributed by atoms with E-state index >= 15 is 0 Å². The molecular weight excluding hydrogens is 617 g/mol. The third-order valence-corrected chi connectivity index (χ3v) is 10.1. The van der Waals surface area contributed by atoms with Crippen LogP contribution in [-0.2, 0) is 0 Å². The molecule has 0 amide bonds. The molecule has 0 spiro atoms. The molecule has 0 atom stereocenters. The van der Waals surface area contributed by atoms with E-state index in [-0.39, 0.29) is 0 Å². The largest absolute Gasteiger partial charge is 0.497 e. The molecule has 4 nitrogen and oxygen atoms in total. The van der Waals surface area contributed by atoms with Gasteiger partial charge in [0.1, 0.15) is 33.9 Å². The maximum Gasteiger partial charge on any atom is 0.147 e. The molecular formula is C46H30O4. The Labute approximate surface area is 288 Å². The maximum atomic E-state index is 7.27. The molecule has 0 saturated heterocycles. The Morgan fingerprint density at radius 3 is 0.900 bits per heavy atom. The fraction of sp³-hybridized carbons (Fsp3) is 0.0435. The van der Waals surface area contributed by atoms with E-state index in [1.165, 1.54) is 22.3 Å². The first-order chi connectivity index (χ1) is 24.7. The van der Waals surface area contributed by atoms with E-state index < -0.39 is 0 Å². The van der Waals surface area contributed by atoms with Crippen molar-refractivity contribution in [3.05, 3.63) is 179 Å². The molecule has 0 bridgehead atoms. The first-order valence-electron chi connectivity index (χ1n) is 16.7. The zero-order valence-electron chi connectivity index (χ0n) is 27.5. The summed E-state index contributed by atoms with van der Waals surface area (Å²) in [4.78, 5) is 0. The number of rotatable bonds is 4. The zero-order chi connectivity index (χ0) is 33.3. The number of hydrogen-bond donors (Lipinski definition) is 0. The van der Waals surface area contributed by atoms with E-state index in [0.29, 0.717) is 0 Å². The number of benzene rings is 6. The minimum atomic E-state index is 0.750. The highest BCUT2D eigenvalue weighted by atomic mass is 16.5. The molecule has 2 heterocycles. The van der Waals surface area contributed by atoms with E-state index in [1.54, 1.807) is 14.2 Å². The van der Waals surface area contributed by atoms with Crippen molar-refractivity contribution in [2.75, 3.05) is 14.2 Å². The molecule has 6 aromatic carbocycles. The Kier molecular flexibility index (Phi) is 6.27. The Bertz CT molecular complexity index is 2470. The van der Waals surface area contributed by atoms with Crippen LogP contribution in [0.4, 0.5) is 0 Å². The van der Waals surface area contributed by atoms with E-state index in [4.69, 9.17) is 18.3 Å². The van der Waals surface area contributed by atoms with Crippen LogP contribution in [0.25, 0.3) is 66.8 Å². The molecule has 8 aromatic rings. The smallest absolute Gasteiger partial charge is 0.147 e. The van der Waals surface area contributed by atoms with Gasteiger partial charge >= 0.3 is 0 Å². The van der Waals surface area contributed by atoms with Gasteiger partial charge in [-0.05, 0) is 93.0 Å². The maximum absolute atomic E-state index is 7.27. The minimum absolute atomic E-state index is 0.750. The second-order valence-corrected chi connectivity index (χ2v) is 12.7. The highest BCUT2D eigenvalue weighted by molar-refractivity contribution is 6.10. The van der Waals surface area contributed by atoms with Crippen molar-refractivity contribution in [1.29, 1.82) is 0 Å². The molecule has 0 fully saturated rings. The van der Waals surface area contributed by atoms with Crippen LogP contribution in [0.15, 0.2) is 154 Å². The van der Waals surface area contributed by atoms with Crippen molar-refractivity contribution in [2.24, 2.45) is 0 Å². The quantitative estimate of drug-likeness (QED) is 0.191. The monoisotopic (exact) mass is 646 g/mol. The van der Waals surface area contributed by atoms with Crippen LogP contribution in [0.1, 0.15) is 22.3 Å². The second-order valence-electron chi connectivity index (χ2n) is 12.7. The van der Waals surface area contributed by atoms with Crippen molar-refractivity contribution < 1.29 is 18.3 Å². The minimum Gasteiger partial charge on any atom is -0.497 e. The fourth-order valence-electron chi connectivity index (χ4n) is 7.84. The van der Waals surface area contributed by atoms with Crippen molar-refractivity contribution in [2.45, 2.75) is 0 Å². The molecule has 50 heavy (non-hydrogen) atoms. The molecule has 2 aliphatic rings. The van der Waals surface area contributed by atoms with Gasteiger partial charge in [-0.1, -0.05) is 97.1 Å². The zero-order valence-corrected chi connectivity index (χ0v) is 27.5. The predicted molar refractivity (Wildman–Crippen MR) is 199 cm³/mol. The van der Waals surface area contributed by atoms with Gasteiger partial charge in [-0.25, -0.2) is 0 Å². The SMILES string of the molecule is COc1ccc(-c2oc(=C3c4ccccc4-c4ccccc43)c3c(-c4ccc(OC)cc4)oc(=C4c5ccccc5-c5ccccc54)c23)cc1. The molecule has 0 unspecified atom stereocenters. The molecule has 2 aliphatic carbocycles. The lowest BCUT2D eigenvalue weighted by Gasteiger charge is -2.05. The summed E-state index contributed by atoms with van der Waals surface area (Å²) < 4.78 is 25.6. The van der Waals surface area contributed by atoms with Crippen LogP contribution in [0.3, 0.4) is 0 Å². The lowest BCUT2D eigenvalue weighted by atomic mass is 9.99. The van der Waals surface area contributed by atoms with Crippen LogP contribution in [0.5, 0.6) is 11.5 Å². The number of methoxy groups -OCH3 is 2. The summed E-state index contributed by atoms with van der Waals surface area (Å²) in [7, 11) is 3.37. The van der Waals surface area contributed by atoms with Crippen molar-refractivity contribution in [1.82, 2.24) is 0 Å². The molecule has 0 N–H and O–H groups in total. The third-order valence-electron chi connectivity index (χ3n) is 10.1. The van der Waals surface area contributed by atoms with Crippen molar-refractivity contribution in [3.63, 3.8) is 0 Å². The van der Waals surface area contributed by atoms with Crippen LogP contribution in [-0.4, -0.2) is 14.2 Å². The topological polar surface area (TPSA) is 44.7 Å². The molecule has 10 rings (SSSR count). The van der Waals surface area contributed by atoms with Gasteiger partial charge in [-0.3, -0.25) is 0 Å². The molecule has 0 saturated carbocycles.